The minimum atomic E-state index is -0.439. The van der Waals surface area contributed by atoms with Crippen molar-refractivity contribution in [3.05, 3.63) is 34.1 Å². The van der Waals surface area contributed by atoms with E-state index in [1.54, 1.807) is 6.07 Å². The monoisotopic (exact) mass is 277 g/mol. The van der Waals surface area contributed by atoms with Crippen LogP contribution in [0.3, 0.4) is 0 Å². The maximum atomic E-state index is 11.1. The number of nitrogens with zero attached hydrogens (tertiary/aromatic N) is 3. The molecule has 0 unspecified atom stereocenters. The van der Waals surface area contributed by atoms with Gasteiger partial charge in [0.25, 0.3) is 5.69 Å². The molecular formula is C13H15N3O4. The fourth-order valence-electron chi connectivity index (χ4n) is 2.07. The van der Waals surface area contributed by atoms with E-state index >= 15 is 0 Å². The van der Waals surface area contributed by atoms with E-state index in [0.717, 1.165) is 11.3 Å². The fourth-order valence-corrected chi connectivity index (χ4v) is 2.07. The molecule has 0 amide bonds. The van der Waals surface area contributed by atoms with E-state index in [1.807, 2.05) is 11.6 Å². The summed E-state index contributed by atoms with van der Waals surface area (Å²) in [4.78, 5) is 25.7. The molecule has 106 valence electrons. The third-order valence-corrected chi connectivity index (χ3v) is 3.18. The predicted molar refractivity (Wildman–Crippen MR) is 72.3 cm³/mol. The first kappa shape index (κ1) is 14.0. The van der Waals surface area contributed by atoms with Crippen molar-refractivity contribution in [2.75, 3.05) is 7.11 Å². The molecule has 0 saturated heterocycles. The Hall–Kier alpha value is -2.44. The zero-order chi connectivity index (χ0) is 14.7. The molecule has 1 aromatic heterocycles. The summed E-state index contributed by atoms with van der Waals surface area (Å²) in [5, 5.41) is 10.7. The van der Waals surface area contributed by atoms with Crippen molar-refractivity contribution >= 4 is 22.7 Å². The molecule has 0 atom stereocenters. The van der Waals surface area contributed by atoms with Gasteiger partial charge in [0.15, 0.2) is 0 Å². The molecule has 0 bridgehead atoms. The molecule has 7 heteroatoms. The highest BCUT2D eigenvalue weighted by atomic mass is 16.6. The number of carbonyl (C=O) groups is 1. The Morgan fingerprint density at radius 1 is 1.50 bits per heavy atom. The quantitative estimate of drug-likeness (QED) is 0.473. The number of hydrogen-bond donors (Lipinski definition) is 0. The molecular weight excluding hydrogens is 262 g/mol. The number of esters is 1. The van der Waals surface area contributed by atoms with Gasteiger partial charge in [0.2, 0.25) is 0 Å². The van der Waals surface area contributed by atoms with Gasteiger partial charge in [0.1, 0.15) is 5.82 Å². The van der Waals surface area contributed by atoms with E-state index < -0.39 is 4.92 Å². The van der Waals surface area contributed by atoms with Crippen LogP contribution in [0.1, 0.15) is 18.7 Å². The number of benzene rings is 1. The van der Waals surface area contributed by atoms with Crippen LogP contribution in [0, 0.1) is 10.1 Å². The topological polar surface area (TPSA) is 87.3 Å². The Bertz CT molecular complexity index is 663. The van der Waals surface area contributed by atoms with E-state index in [9.17, 15) is 14.9 Å². The summed E-state index contributed by atoms with van der Waals surface area (Å²) in [7, 11) is 3.21. The first-order valence-electron chi connectivity index (χ1n) is 6.19. The van der Waals surface area contributed by atoms with E-state index in [-0.39, 0.29) is 11.7 Å². The second-order valence-corrected chi connectivity index (χ2v) is 4.45. The highest BCUT2D eigenvalue weighted by molar-refractivity contribution is 5.78. The summed E-state index contributed by atoms with van der Waals surface area (Å²) in [6.07, 6.45) is 1.58. The first-order chi connectivity index (χ1) is 9.52. The van der Waals surface area contributed by atoms with Gasteiger partial charge in [0.05, 0.1) is 23.1 Å². The van der Waals surface area contributed by atoms with Crippen LogP contribution in [0.25, 0.3) is 11.0 Å². The van der Waals surface area contributed by atoms with Crippen molar-refractivity contribution in [2.45, 2.75) is 19.3 Å². The molecule has 0 saturated carbocycles. The number of aryl methyl sites for hydroxylation is 2. The third kappa shape index (κ3) is 2.76. The molecule has 0 fully saturated rings. The molecule has 0 radical (unpaired) electrons. The summed E-state index contributed by atoms with van der Waals surface area (Å²) in [5.74, 6) is 0.545. The molecule has 0 spiro atoms. The molecule has 7 nitrogen and oxygen atoms in total. The average molecular weight is 277 g/mol. The Morgan fingerprint density at radius 2 is 2.25 bits per heavy atom. The number of carbonyl (C=O) groups excluding carboxylic acids is 1. The summed E-state index contributed by atoms with van der Waals surface area (Å²) < 4.78 is 6.46. The molecule has 0 N–H and O–H groups in total. The minimum absolute atomic E-state index is 0.0247. The number of nitro groups is 1. The molecule has 0 aliphatic carbocycles. The summed E-state index contributed by atoms with van der Waals surface area (Å²) in [5.41, 5.74) is 1.45. The Morgan fingerprint density at radius 3 is 2.90 bits per heavy atom. The number of methoxy groups -OCH3 is 1. The van der Waals surface area contributed by atoms with Crippen molar-refractivity contribution in [2.24, 2.45) is 7.05 Å². The Labute approximate surface area is 115 Å². The van der Waals surface area contributed by atoms with Gasteiger partial charge in [-0.2, -0.15) is 0 Å². The highest BCUT2D eigenvalue weighted by Gasteiger charge is 2.12. The smallest absolute Gasteiger partial charge is 0.305 e. The van der Waals surface area contributed by atoms with Crippen LogP contribution in [0.15, 0.2) is 18.2 Å². The lowest BCUT2D eigenvalue weighted by Crippen LogP contribution is -2.03. The van der Waals surface area contributed by atoms with Gasteiger partial charge in [-0.25, -0.2) is 4.98 Å². The second-order valence-electron chi connectivity index (χ2n) is 4.45. The SMILES string of the molecule is COC(=O)CCCc1nc2cc([N+](=O)[O-])ccc2n1C. The lowest BCUT2D eigenvalue weighted by molar-refractivity contribution is -0.384. The van der Waals surface area contributed by atoms with Crippen molar-refractivity contribution in [3.8, 4) is 0 Å². The van der Waals surface area contributed by atoms with Crippen LogP contribution in [-0.2, 0) is 23.0 Å². The van der Waals surface area contributed by atoms with Gasteiger partial charge in [-0.3, -0.25) is 14.9 Å². The number of aromatic nitrogens is 2. The van der Waals surface area contributed by atoms with Crippen LogP contribution >= 0.6 is 0 Å². The number of hydrogen-bond acceptors (Lipinski definition) is 5. The number of rotatable bonds is 5. The Balaban J connectivity index is 2.20. The Kier molecular flexibility index (Phi) is 3.97. The summed E-state index contributed by atoms with van der Waals surface area (Å²) >= 11 is 0. The third-order valence-electron chi connectivity index (χ3n) is 3.18. The largest absolute Gasteiger partial charge is 0.469 e. The van der Waals surface area contributed by atoms with E-state index in [0.29, 0.717) is 24.8 Å². The molecule has 2 rings (SSSR count). The molecule has 1 heterocycles. The highest BCUT2D eigenvalue weighted by Crippen LogP contribution is 2.21. The predicted octanol–water partition coefficient (Wildman–Crippen LogP) is 1.98. The van der Waals surface area contributed by atoms with Crippen LogP contribution < -0.4 is 0 Å². The van der Waals surface area contributed by atoms with Crippen molar-refractivity contribution in [1.82, 2.24) is 9.55 Å². The van der Waals surface area contributed by atoms with Crippen LogP contribution in [0.5, 0.6) is 0 Å². The zero-order valence-corrected chi connectivity index (χ0v) is 11.3. The number of imidazole rings is 1. The zero-order valence-electron chi connectivity index (χ0n) is 11.3. The van der Waals surface area contributed by atoms with Crippen molar-refractivity contribution in [3.63, 3.8) is 0 Å². The molecule has 1 aromatic carbocycles. The second kappa shape index (κ2) is 5.68. The number of nitro benzene ring substituents is 1. The fraction of sp³-hybridized carbons (Fsp3) is 0.385. The van der Waals surface area contributed by atoms with Crippen LogP contribution in [0.4, 0.5) is 5.69 Å². The first-order valence-corrected chi connectivity index (χ1v) is 6.19. The maximum Gasteiger partial charge on any atom is 0.305 e. The normalized spacial score (nSPS) is 10.7. The molecule has 2 aromatic rings. The lowest BCUT2D eigenvalue weighted by Gasteiger charge is -2.01. The van der Waals surface area contributed by atoms with Crippen LogP contribution in [-0.4, -0.2) is 27.6 Å². The number of non-ortho nitro benzene ring substituents is 1. The van der Waals surface area contributed by atoms with Crippen molar-refractivity contribution in [1.29, 1.82) is 0 Å². The van der Waals surface area contributed by atoms with Crippen LogP contribution in [0.2, 0.25) is 0 Å². The van der Waals surface area contributed by atoms with Gasteiger partial charge in [-0.1, -0.05) is 0 Å². The molecule has 0 aliphatic heterocycles. The molecule has 20 heavy (non-hydrogen) atoms. The summed E-state index contributed by atoms with van der Waals surface area (Å²) in [6, 6.07) is 4.60. The standard InChI is InChI=1S/C13H15N3O4/c1-15-11-7-6-9(16(18)19)8-10(11)14-12(15)4-3-5-13(17)20-2/h6-8H,3-5H2,1-2H3. The molecule has 0 aliphatic rings. The van der Waals surface area contributed by atoms with Gasteiger partial charge < -0.3 is 9.30 Å². The average Bonchev–Trinajstić information content (AvgIpc) is 2.75. The van der Waals surface area contributed by atoms with Gasteiger partial charge >= 0.3 is 5.97 Å². The van der Waals surface area contributed by atoms with Gasteiger partial charge in [-0.05, 0) is 12.5 Å². The minimum Gasteiger partial charge on any atom is -0.469 e. The maximum absolute atomic E-state index is 11.1. The van der Waals surface area contributed by atoms with Crippen molar-refractivity contribution < 1.29 is 14.5 Å². The lowest BCUT2D eigenvalue weighted by atomic mass is 10.2. The van der Waals surface area contributed by atoms with E-state index in [2.05, 4.69) is 9.72 Å². The number of fused-ring (bicyclic) bond motifs is 1. The van der Waals surface area contributed by atoms with E-state index in [1.165, 1.54) is 19.2 Å². The van der Waals surface area contributed by atoms with Gasteiger partial charge in [0, 0.05) is 32.0 Å². The summed E-state index contributed by atoms with van der Waals surface area (Å²) in [6.45, 7) is 0. The van der Waals surface area contributed by atoms with E-state index in [4.69, 9.17) is 0 Å². The van der Waals surface area contributed by atoms with Gasteiger partial charge in [-0.15, -0.1) is 0 Å². The number of ether oxygens (including phenoxy) is 1.